The maximum absolute atomic E-state index is 11.7. The molecule has 0 amide bonds. The fraction of sp³-hybridized carbons (Fsp3) is 0.500. The largest absolute Gasteiger partial charge is 0.346 e. The van der Waals surface area contributed by atoms with E-state index < -0.39 is 0 Å². The zero-order valence-corrected chi connectivity index (χ0v) is 9.81. The van der Waals surface area contributed by atoms with E-state index in [1.54, 1.807) is 0 Å². The number of ketones is 1. The second kappa shape index (κ2) is 4.55. The molecule has 0 spiro atoms. The molecule has 0 aromatic carbocycles. The van der Waals surface area contributed by atoms with Gasteiger partial charge >= 0.3 is 0 Å². The van der Waals surface area contributed by atoms with Gasteiger partial charge in [0, 0.05) is 25.4 Å². The number of aromatic nitrogens is 1. The van der Waals surface area contributed by atoms with Crippen LogP contribution < -0.4 is 4.72 Å². The number of carbonyl (C=O) groups is 1. The molecule has 0 aliphatic carbocycles. The zero-order chi connectivity index (χ0) is 10.7. The van der Waals surface area contributed by atoms with Crippen LogP contribution in [-0.4, -0.2) is 16.6 Å². The highest BCUT2D eigenvalue weighted by Crippen LogP contribution is 2.18. The average Bonchev–Trinajstić information content (AvgIpc) is 2.46. The molecule has 1 aromatic rings. The van der Waals surface area contributed by atoms with E-state index in [1.165, 1.54) is 11.9 Å². The molecular formula is C10H16N2OS. The summed E-state index contributed by atoms with van der Waals surface area (Å²) < 4.78 is 4.97. The van der Waals surface area contributed by atoms with E-state index in [0.717, 1.165) is 11.4 Å². The topological polar surface area (TPSA) is 34.0 Å². The van der Waals surface area contributed by atoms with Gasteiger partial charge < -0.3 is 9.29 Å². The van der Waals surface area contributed by atoms with Gasteiger partial charge in [-0.15, -0.1) is 0 Å². The van der Waals surface area contributed by atoms with Crippen LogP contribution in [0.4, 0.5) is 5.69 Å². The van der Waals surface area contributed by atoms with Crippen molar-refractivity contribution < 1.29 is 4.79 Å². The Morgan fingerprint density at radius 3 is 2.71 bits per heavy atom. The van der Waals surface area contributed by atoms with E-state index in [-0.39, 0.29) is 11.7 Å². The maximum atomic E-state index is 11.7. The number of aryl methyl sites for hydroxylation is 1. The van der Waals surface area contributed by atoms with Crippen molar-refractivity contribution >= 4 is 23.4 Å². The van der Waals surface area contributed by atoms with E-state index in [4.69, 9.17) is 0 Å². The quantitative estimate of drug-likeness (QED) is 0.615. The summed E-state index contributed by atoms with van der Waals surface area (Å²) in [7, 11) is 1.89. The van der Waals surface area contributed by atoms with Crippen molar-refractivity contribution in [3.8, 4) is 0 Å². The lowest BCUT2D eigenvalue weighted by atomic mass is 10.1. The third-order valence-electron chi connectivity index (χ3n) is 2.00. The number of carbonyl (C=O) groups excluding carboxylic acids is 1. The van der Waals surface area contributed by atoms with Gasteiger partial charge in [-0.05, 0) is 6.07 Å². The SMILES string of the molecule is CSNc1cc(C(=O)C(C)C)n(C)c1. The smallest absolute Gasteiger partial charge is 0.181 e. The molecule has 1 aromatic heterocycles. The molecule has 0 fully saturated rings. The molecular weight excluding hydrogens is 196 g/mol. The third kappa shape index (κ3) is 2.32. The Balaban J connectivity index is 2.92. The molecule has 0 radical (unpaired) electrons. The highest BCUT2D eigenvalue weighted by atomic mass is 32.2. The Morgan fingerprint density at radius 1 is 1.57 bits per heavy atom. The fourth-order valence-corrected chi connectivity index (χ4v) is 1.63. The van der Waals surface area contributed by atoms with E-state index in [1.807, 2.05) is 44.0 Å². The molecule has 1 N–H and O–H groups in total. The lowest BCUT2D eigenvalue weighted by Crippen LogP contribution is -2.11. The Morgan fingerprint density at radius 2 is 2.21 bits per heavy atom. The van der Waals surface area contributed by atoms with Crippen molar-refractivity contribution in [2.75, 3.05) is 11.0 Å². The zero-order valence-electron chi connectivity index (χ0n) is 9.00. The van der Waals surface area contributed by atoms with Crippen molar-refractivity contribution in [1.82, 2.24) is 4.57 Å². The molecule has 0 saturated carbocycles. The molecule has 0 aliphatic heterocycles. The number of nitrogens with one attached hydrogen (secondary N) is 1. The van der Waals surface area contributed by atoms with Crippen molar-refractivity contribution in [2.24, 2.45) is 13.0 Å². The van der Waals surface area contributed by atoms with E-state index in [0.29, 0.717) is 0 Å². The Hall–Kier alpha value is -0.900. The summed E-state index contributed by atoms with van der Waals surface area (Å²) in [5, 5.41) is 0. The molecule has 0 saturated heterocycles. The number of hydrogen-bond donors (Lipinski definition) is 1. The molecule has 3 nitrogen and oxygen atoms in total. The summed E-state index contributed by atoms with van der Waals surface area (Å²) in [6, 6.07) is 1.89. The number of nitrogens with zero attached hydrogens (tertiary/aromatic N) is 1. The molecule has 0 bridgehead atoms. The first-order chi connectivity index (χ1) is 6.56. The second-order valence-electron chi connectivity index (χ2n) is 3.55. The van der Waals surface area contributed by atoms with Crippen molar-refractivity contribution in [3.63, 3.8) is 0 Å². The van der Waals surface area contributed by atoms with Gasteiger partial charge in [-0.2, -0.15) is 0 Å². The van der Waals surface area contributed by atoms with Crippen LogP contribution in [-0.2, 0) is 7.05 Å². The summed E-state index contributed by atoms with van der Waals surface area (Å²) in [4.78, 5) is 11.7. The minimum Gasteiger partial charge on any atom is -0.346 e. The van der Waals surface area contributed by atoms with Crippen LogP contribution in [0.2, 0.25) is 0 Å². The summed E-state index contributed by atoms with van der Waals surface area (Å²) in [5.74, 6) is 0.229. The summed E-state index contributed by atoms with van der Waals surface area (Å²) in [5.41, 5.74) is 1.74. The first-order valence-electron chi connectivity index (χ1n) is 4.55. The van der Waals surface area contributed by atoms with Gasteiger partial charge in [-0.25, -0.2) is 0 Å². The number of rotatable bonds is 4. The van der Waals surface area contributed by atoms with Gasteiger partial charge in [0.15, 0.2) is 5.78 Å². The summed E-state index contributed by atoms with van der Waals surface area (Å²) in [6.07, 6.45) is 3.88. The van der Waals surface area contributed by atoms with Crippen LogP contribution in [0.15, 0.2) is 12.3 Å². The normalized spacial score (nSPS) is 10.6. The predicted octanol–water partition coefficient (Wildman–Crippen LogP) is 2.55. The minimum absolute atomic E-state index is 0.0470. The van der Waals surface area contributed by atoms with E-state index >= 15 is 0 Å². The molecule has 1 rings (SSSR count). The van der Waals surface area contributed by atoms with Crippen molar-refractivity contribution in [3.05, 3.63) is 18.0 Å². The Kier molecular flexibility index (Phi) is 3.63. The molecule has 0 aliphatic rings. The van der Waals surface area contributed by atoms with Crippen LogP contribution in [0.25, 0.3) is 0 Å². The maximum Gasteiger partial charge on any atom is 0.181 e. The summed E-state index contributed by atoms with van der Waals surface area (Å²) >= 11 is 1.52. The van der Waals surface area contributed by atoms with Gasteiger partial charge in [-0.1, -0.05) is 25.8 Å². The molecule has 4 heteroatoms. The van der Waals surface area contributed by atoms with Crippen molar-refractivity contribution in [2.45, 2.75) is 13.8 Å². The molecule has 0 unspecified atom stereocenters. The molecule has 14 heavy (non-hydrogen) atoms. The van der Waals surface area contributed by atoms with Crippen molar-refractivity contribution in [1.29, 1.82) is 0 Å². The monoisotopic (exact) mass is 212 g/mol. The highest BCUT2D eigenvalue weighted by molar-refractivity contribution is 7.99. The lowest BCUT2D eigenvalue weighted by Gasteiger charge is -2.03. The average molecular weight is 212 g/mol. The molecule has 78 valence electrons. The number of Topliss-reactive ketones (excluding diaryl/α,β-unsaturated/α-hetero) is 1. The predicted molar refractivity (Wildman–Crippen MR) is 61.7 cm³/mol. The van der Waals surface area contributed by atoms with Gasteiger partial charge in [0.05, 0.1) is 11.4 Å². The van der Waals surface area contributed by atoms with Crippen LogP contribution in [0.3, 0.4) is 0 Å². The number of anilines is 1. The highest BCUT2D eigenvalue weighted by Gasteiger charge is 2.14. The summed E-state index contributed by atoms with van der Waals surface area (Å²) in [6.45, 7) is 3.83. The second-order valence-corrected chi connectivity index (χ2v) is 4.16. The van der Waals surface area contributed by atoms with Gasteiger partial charge in [0.1, 0.15) is 0 Å². The van der Waals surface area contributed by atoms with Crippen LogP contribution >= 0.6 is 11.9 Å². The van der Waals surface area contributed by atoms with Crippen LogP contribution in [0.5, 0.6) is 0 Å². The number of hydrogen-bond acceptors (Lipinski definition) is 3. The third-order valence-corrected chi connectivity index (χ3v) is 2.44. The van der Waals surface area contributed by atoms with E-state index in [2.05, 4.69) is 4.72 Å². The van der Waals surface area contributed by atoms with Gasteiger partial charge in [0.25, 0.3) is 0 Å². The molecule has 1 heterocycles. The molecule has 0 atom stereocenters. The van der Waals surface area contributed by atoms with E-state index in [9.17, 15) is 4.79 Å². The van der Waals surface area contributed by atoms with Crippen LogP contribution in [0.1, 0.15) is 24.3 Å². The Bertz CT molecular complexity index is 331. The van der Waals surface area contributed by atoms with Gasteiger partial charge in [-0.3, -0.25) is 4.79 Å². The lowest BCUT2D eigenvalue weighted by molar-refractivity contribution is 0.0931. The minimum atomic E-state index is 0.0470. The van der Waals surface area contributed by atoms with Gasteiger partial charge in [0.2, 0.25) is 0 Å². The first-order valence-corrected chi connectivity index (χ1v) is 5.78. The van der Waals surface area contributed by atoms with Crippen LogP contribution in [0, 0.1) is 5.92 Å². The first kappa shape index (κ1) is 11.2. The Labute approximate surface area is 89.0 Å². The standard InChI is InChI=1S/C10H16N2OS/c1-7(2)10(13)9-5-8(11-14-4)6-12(9)3/h5-7,11H,1-4H3. The fourth-order valence-electron chi connectivity index (χ4n) is 1.28.